The molecule has 0 aliphatic carbocycles. The summed E-state index contributed by atoms with van der Waals surface area (Å²) in [6.45, 7) is 2.40. The molecule has 2 aliphatic heterocycles. The third-order valence-electron chi connectivity index (χ3n) is 7.42. The largest absolute Gasteiger partial charge is 0.378 e. The van der Waals surface area contributed by atoms with E-state index in [0.717, 1.165) is 40.8 Å². The number of morpholine rings is 1. The number of ether oxygens (including phenoxy) is 1. The first-order valence-electron chi connectivity index (χ1n) is 13.8. The van der Waals surface area contributed by atoms with Gasteiger partial charge in [0.1, 0.15) is 12.2 Å². The predicted molar refractivity (Wildman–Crippen MR) is 160 cm³/mol. The van der Waals surface area contributed by atoms with Gasteiger partial charge in [-0.2, -0.15) is 0 Å². The van der Waals surface area contributed by atoms with Gasteiger partial charge < -0.3 is 19.9 Å². The normalized spacial score (nSPS) is 15.3. The fourth-order valence-corrected chi connectivity index (χ4v) is 5.70. The fraction of sp³-hybridized carbons (Fsp3) is 0.226. The number of hydrogen-bond donors (Lipinski definition) is 1. The van der Waals surface area contributed by atoms with Gasteiger partial charge in [0.25, 0.3) is 17.7 Å². The molecule has 11 nitrogen and oxygen atoms in total. The summed E-state index contributed by atoms with van der Waals surface area (Å²) in [5.74, 6) is -2.19. The molecule has 0 saturated carbocycles. The van der Waals surface area contributed by atoms with Crippen LogP contribution in [0.25, 0.3) is 0 Å². The average Bonchev–Trinajstić information content (AvgIpc) is 3.65. The molecule has 1 aromatic heterocycles. The lowest BCUT2D eigenvalue weighted by Crippen LogP contribution is -2.47. The number of fused-ring (bicyclic) bond motifs is 1. The van der Waals surface area contributed by atoms with Crippen molar-refractivity contribution >= 4 is 46.5 Å². The maximum atomic E-state index is 14.0. The zero-order valence-electron chi connectivity index (χ0n) is 23.1. The monoisotopic (exact) mass is 596 g/mol. The molecule has 12 heteroatoms. The van der Waals surface area contributed by atoms with E-state index < -0.39 is 36.2 Å². The van der Waals surface area contributed by atoms with Crippen LogP contribution in [0.1, 0.15) is 38.0 Å². The quantitative estimate of drug-likeness (QED) is 0.292. The van der Waals surface area contributed by atoms with Gasteiger partial charge in [0.05, 0.1) is 24.3 Å². The summed E-state index contributed by atoms with van der Waals surface area (Å²) in [7, 11) is 0. The molecule has 4 aromatic rings. The highest BCUT2D eigenvalue weighted by molar-refractivity contribution is 7.03. The number of carbonyl (C=O) groups excluding carboxylic acids is 4. The molecule has 1 atom stereocenters. The van der Waals surface area contributed by atoms with Crippen LogP contribution in [0.15, 0.2) is 84.2 Å². The van der Waals surface area contributed by atoms with Crippen molar-refractivity contribution in [3.63, 3.8) is 0 Å². The number of nitrogens with zero attached hydrogens (tertiary/aromatic N) is 5. The number of nitrogens with one attached hydrogen (secondary N) is 1. The van der Waals surface area contributed by atoms with Gasteiger partial charge in [-0.05, 0) is 53.5 Å². The number of rotatable bonds is 9. The summed E-state index contributed by atoms with van der Waals surface area (Å²) < 4.78 is 9.37. The molecule has 2 aliphatic rings. The topological polar surface area (TPSA) is 125 Å². The van der Waals surface area contributed by atoms with E-state index in [1.54, 1.807) is 41.8 Å². The van der Waals surface area contributed by atoms with E-state index in [1.165, 1.54) is 4.90 Å². The van der Waals surface area contributed by atoms with Crippen LogP contribution in [0, 0.1) is 0 Å². The Bertz CT molecular complexity index is 1590. The van der Waals surface area contributed by atoms with Gasteiger partial charge in [-0.1, -0.05) is 47.0 Å². The van der Waals surface area contributed by atoms with Crippen molar-refractivity contribution in [2.45, 2.75) is 12.6 Å². The minimum atomic E-state index is -1.18. The highest BCUT2D eigenvalue weighted by Crippen LogP contribution is 2.28. The molecule has 0 unspecified atom stereocenters. The third kappa shape index (κ3) is 6.01. The molecular formula is C31H28N6O5S. The van der Waals surface area contributed by atoms with E-state index in [1.807, 2.05) is 42.5 Å². The summed E-state index contributed by atoms with van der Waals surface area (Å²) in [6.07, 6.45) is 0. The third-order valence-corrected chi connectivity index (χ3v) is 7.94. The molecule has 0 spiro atoms. The van der Waals surface area contributed by atoms with E-state index in [0.29, 0.717) is 18.9 Å². The van der Waals surface area contributed by atoms with Crippen molar-refractivity contribution in [2.24, 2.45) is 0 Å². The Balaban J connectivity index is 1.28. The zero-order valence-corrected chi connectivity index (χ0v) is 23.9. The fourth-order valence-electron chi connectivity index (χ4n) is 5.23. The first-order valence-corrected chi connectivity index (χ1v) is 14.6. The van der Waals surface area contributed by atoms with Crippen LogP contribution in [0.4, 0.5) is 11.4 Å². The number of hydrogen-bond acceptors (Lipinski definition) is 9. The van der Waals surface area contributed by atoms with Gasteiger partial charge in [0.2, 0.25) is 5.91 Å². The smallest absolute Gasteiger partial charge is 0.262 e. The molecular weight excluding hydrogens is 568 g/mol. The second kappa shape index (κ2) is 12.5. The van der Waals surface area contributed by atoms with E-state index >= 15 is 0 Å². The zero-order chi connectivity index (χ0) is 29.8. The lowest BCUT2D eigenvalue weighted by Gasteiger charge is -2.31. The van der Waals surface area contributed by atoms with Crippen LogP contribution in [-0.4, -0.2) is 75.9 Å². The average molecular weight is 597 g/mol. The molecule has 3 aromatic carbocycles. The molecule has 3 heterocycles. The SMILES string of the molecule is O=C(Nc1ccc(N2CCOCC2)cc1)[C@H](c1csnn1)N(Cc1ccccc1)C(=O)CN1C(=O)c2ccccc2C1=O. The number of anilines is 2. The Hall–Kier alpha value is -4.94. The van der Waals surface area contributed by atoms with E-state index in [2.05, 4.69) is 19.8 Å². The second-order valence-electron chi connectivity index (χ2n) is 10.1. The Morgan fingerprint density at radius 3 is 2.19 bits per heavy atom. The highest BCUT2D eigenvalue weighted by Gasteiger charge is 2.40. The molecule has 43 heavy (non-hydrogen) atoms. The lowest BCUT2D eigenvalue weighted by atomic mass is 10.1. The molecule has 1 N–H and O–H groups in total. The van der Waals surface area contributed by atoms with Crippen LogP contribution in [0.5, 0.6) is 0 Å². The Labute approximate surface area is 251 Å². The van der Waals surface area contributed by atoms with Gasteiger partial charge in [0, 0.05) is 36.4 Å². The summed E-state index contributed by atoms with van der Waals surface area (Å²) >= 11 is 1.06. The molecule has 218 valence electrons. The van der Waals surface area contributed by atoms with E-state index in [-0.39, 0.29) is 23.4 Å². The predicted octanol–water partition coefficient (Wildman–Crippen LogP) is 3.38. The van der Waals surface area contributed by atoms with Crippen molar-refractivity contribution in [2.75, 3.05) is 43.1 Å². The Morgan fingerprint density at radius 1 is 0.907 bits per heavy atom. The van der Waals surface area contributed by atoms with Gasteiger partial charge in [-0.15, -0.1) is 5.10 Å². The number of carbonyl (C=O) groups is 4. The molecule has 1 saturated heterocycles. The van der Waals surface area contributed by atoms with Crippen molar-refractivity contribution in [3.8, 4) is 0 Å². The standard InChI is InChI=1S/C31H28N6O5S/c38-27(19-37-30(40)24-8-4-5-9-25(24)31(37)41)36(18-21-6-2-1-3-7-21)28(26-20-43-34-33-26)29(39)32-22-10-12-23(13-11-22)35-14-16-42-17-15-35/h1-13,20,28H,14-19H2,(H,32,39)/t28-/m0/s1. The Morgan fingerprint density at radius 2 is 1.56 bits per heavy atom. The van der Waals surface area contributed by atoms with E-state index in [4.69, 9.17) is 4.74 Å². The van der Waals surface area contributed by atoms with Gasteiger partial charge in [-0.3, -0.25) is 24.1 Å². The van der Waals surface area contributed by atoms with Crippen molar-refractivity contribution in [3.05, 3.63) is 107 Å². The first kappa shape index (κ1) is 28.2. The summed E-state index contributed by atoms with van der Waals surface area (Å²) in [5.41, 5.74) is 3.08. The van der Waals surface area contributed by atoms with Crippen LogP contribution >= 0.6 is 11.5 Å². The molecule has 0 radical (unpaired) electrons. The maximum absolute atomic E-state index is 14.0. The molecule has 6 rings (SSSR count). The summed E-state index contributed by atoms with van der Waals surface area (Å²) in [5, 5.41) is 8.67. The van der Waals surface area contributed by atoms with Crippen LogP contribution < -0.4 is 10.2 Å². The first-order chi connectivity index (χ1) is 21.0. The molecule has 1 fully saturated rings. The minimum Gasteiger partial charge on any atom is -0.378 e. The molecule has 0 bridgehead atoms. The number of aromatic nitrogens is 2. The van der Waals surface area contributed by atoms with E-state index in [9.17, 15) is 19.2 Å². The Kier molecular flexibility index (Phi) is 8.20. The molecule has 4 amide bonds. The van der Waals surface area contributed by atoms with Crippen molar-refractivity contribution in [1.29, 1.82) is 0 Å². The van der Waals surface area contributed by atoms with Crippen LogP contribution in [0.2, 0.25) is 0 Å². The van der Waals surface area contributed by atoms with Crippen molar-refractivity contribution < 1.29 is 23.9 Å². The summed E-state index contributed by atoms with van der Waals surface area (Å²) in [6, 6.07) is 21.9. The number of imide groups is 1. The van der Waals surface area contributed by atoms with Crippen molar-refractivity contribution in [1.82, 2.24) is 19.4 Å². The number of amides is 4. The van der Waals surface area contributed by atoms with Gasteiger partial charge >= 0.3 is 0 Å². The second-order valence-corrected chi connectivity index (χ2v) is 10.7. The van der Waals surface area contributed by atoms with Gasteiger partial charge in [0.15, 0.2) is 6.04 Å². The maximum Gasteiger partial charge on any atom is 0.262 e. The lowest BCUT2D eigenvalue weighted by molar-refractivity contribution is -0.140. The van der Waals surface area contributed by atoms with Gasteiger partial charge in [-0.25, -0.2) is 0 Å². The van der Waals surface area contributed by atoms with Crippen LogP contribution in [0.3, 0.4) is 0 Å². The van der Waals surface area contributed by atoms with Crippen LogP contribution in [-0.2, 0) is 20.9 Å². The minimum absolute atomic E-state index is 0.0361. The number of benzene rings is 3. The summed E-state index contributed by atoms with van der Waals surface area (Å²) in [4.78, 5) is 58.5. The highest BCUT2D eigenvalue weighted by atomic mass is 32.1.